The molecule has 0 radical (unpaired) electrons. The summed E-state index contributed by atoms with van der Waals surface area (Å²) >= 11 is 0. The van der Waals surface area contributed by atoms with Crippen LogP contribution in [0.3, 0.4) is 0 Å². The van der Waals surface area contributed by atoms with Crippen molar-refractivity contribution in [3.8, 4) is 5.69 Å². The molecule has 16 heavy (non-hydrogen) atoms. The topological polar surface area (TPSA) is 117 Å². The number of nitrogen functional groups attached to an aromatic ring is 1. The van der Waals surface area contributed by atoms with Crippen molar-refractivity contribution in [2.24, 2.45) is 5.14 Å². The maximum atomic E-state index is 11.3. The smallest absolute Gasteiger partial charge is 0.240 e. The minimum Gasteiger partial charge on any atom is -0.366 e. The van der Waals surface area contributed by atoms with E-state index in [0.717, 1.165) is 0 Å². The summed E-state index contributed by atoms with van der Waals surface area (Å²) in [5.41, 5.74) is 5.67. The Labute approximate surface area is 91.8 Å². The number of hydrogen-bond donors (Lipinski definition) is 2. The van der Waals surface area contributed by atoms with Gasteiger partial charge in [-0.15, -0.1) is 5.10 Å². The Kier molecular flexibility index (Phi) is 2.37. The van der Waals surface area contributed by atoms with Gasteiger partial charge in [0.1, 0.15) is 11.2 Å². The van der Waals surface area contributed by atoms with Gasteiger partial charge in [0.25, 0.3) is 0 Å². The van der Waals surface area contributed by atoms with Gasteiger partial charge < -0.3 is 5.73 Å². The Morgan fingerprint density at radius 1 is 1.25 bits per heavy atom. The average molecular weight is 239 g/mol. The Morgan fingerprint density at radius 2 is 1.94 bits per heavy atom. The van der Waals surface area contributed by atoms with Crippen molar-refractivity contribution in [1.82, 2.24) is 14.8 Å². The predicted octanol–water partition coefficient (Wildman–Crippen LogP) is -0.503. The van der Waals surface area contributed by atoms with Gasteiger partial charge in [-0.2, -0.15) is 0 Å². The van der Waals surface area contributed by atoms with Gasteiger partial charge in [-0.3, -0.25) is 0 Å². The molecule has 84 valence electrons. The van der Waals surface area contributed by atoms with Gasteiger partial charge in [0, 0.05) is 0 Å². The zero-order valence-corrected chi connectivity index (χ0v) is 8.92. The molecule has 0 aliphatic heterocycles. The van der Waals surface area contributed by atoms with E-state index in [1.165, 1.54) is 17.1 Å². The first-order chi connectivity index (χ1) is 7.48. The quantitative estimate of drug-likeness (QED) is 0.732. The summed E-state index contributed by atoms with van der Waals surface area (Å²) < 4.78 is 23.9. The molecule has 0 aliphatic rings. The fraction of sp³-hybridized carbons (Fsp3) is 0. The fourth-order valence-corrected chi connectivity index (χ4v) is 2.00. The molecule has 0 aliphatic carbocycles. The monoisotopic (exact) mass is 239 g/mol. The van der Waals surface area contributed by atoms with Crippen molar-refractivity contribution in [2.75, 3.05) is 5.73 Å². The number of anilines is 1. The number of aromatic nitrogens is 3. The Hall–Kier alpha value is -1.93. The van der Waals surface area contributed by atoms with Crippen LogP contribution in [0.25, 0.3) is 5.69 Å². The molecule has 0 bridgehead atoms. The lowest BCUT2D eigenvalue weighted by atomic mass is 10.3. The van der Waals surface area contributed by atoms with E-state index in [-0.39, 0.29) is 10.8 Å². The highest BCUT2D eigenvalue weighted by Crippen LogP contribution is 2.17. The number of benzene rings is 1. The normalized spacial score (nSPS) is 11.6. The summed E-state index contributed by atoms with van der Waals surface area (Å²) in [5, 5.41) is 8.90. The number of para-hydroxylation sites is 1. The molecule has 0 atom stereocenters. The van der Waals surface area contributed by atoms with E-state index in [1.807, 2.05) is 0 Å². The van der Waals surface area contributed by atoms with Gasteiger partial charge in [0.2, 0.25) is 16.0 Å². The number of primary sulfonamides is 1. The first-order valence-corrected chi connectivity index (χ1v) is 5.82. The van der Waals surface area contributed by atoms with Gasteiger partial charge in [0.15, 0.2) is 0 Å². The van der Waals surface area contributed by atoms with Crippen LogP contribution in [0.5, 0.6) is 0 Å². The minimum atomic E-state index is -3.80. The third-order valence-corrected chi connectivity index (χ3v) is 2.89. The van der Waals surface area contributed by atoms with Crippen LogP contribution in [0.15, 0.2) is 35.5 Å². The first kappa shape index (κ1) is 10.6. The SMILES string of the molecule is Nc1ncn(-c2ccccc2S(N)(=O)=O)n1. The van der Waals surface area contributed by atoms with Crippen LogP contribution in [-0.4, -0.2) is 23.2 Å². The lowest BCUT2D eigenvalue weighted by Gasteiger charge is -2.05. The van der Waals surface area contributed by atoms with Crippen LogP contribution >= 0.6 is 0 Å². The molecule has 8 heteroatoms. The van der Waals surface area contributed by atoms with E-state index in [2.05, 4.69) is 10.1 Å². The van der Waals surface area contributed by atoms with Crippen molar-refractivity contribution in [3.05, 3.63) is 30.6 Å². The summed E-state index contributed by atoms with van der Waals surface area (Å²) in [7, 11) is -3.80. The number of nitrogens with zero attached hydrogens (tertiary/aromatic N) is 3. The summed E-state index contributed by atoms with van der Waals surface area (Å²) in [5.74, 6) is 0.0595. The number of nitrogens with two attached hydrogens (primary N) is 2. The van der Waals surface area contributed by atoms with Crippen LogP contribution in [0.4, 0.5) is 5.95 Å². The van der Waals surface area contributed by atoms with Crippen LogP contribution in [-0.2, 0) is 10.0 Å². The lowest BCUT2D eigenvalue weighted by Crippen LogP contribution is -2.15. The van der Waals surface area contributed by atoms with Crippen LogP contribution in [0, 0.1) is 0 Å². The Bertz CT molecular complexity index is 619. The van der Waals surface area contributed by atoms with E-state index in [9.17, 15) is 8.42 Å². The van der Waals surface area contributed by atoms with Crippen molar-refractivity contribution >= 4 is 16.0 Å². The molecule has 0 unspecified atom stereocenters. The summed E-state index contributed by atoms with van der Waals surface area (Å²) in [6.07, 6.45) is 1.32. The zero-order valence-electron chi connectivity index (χ0n) is 8.11. The second-order valence-electron chi connectivity index (χ2n) is 3.06. The van der Waals surface area contributed by atoms with E-state index >= 15 is 0 Å². The second-order valence-corrected chi connectivity index (χ2v) is 4.59. The fourth-order valence-electron chi connectivity index (χ4n) is 1.28. The van der Waals surface area contributed by atoms with Crippen molar-refractivity contribution in [1.29, 1.82) is 0 Å². The largest absolute Gasteiger partial charge is 0.366 e. The highest BCUT2D eigenvalue weighted by molar-refractivity contribution is 7.89. The Morgan fingerprint density at radius 3 is 2.50 bits per heavy atom. The van der Waals surface area contributed by atoms with E-state index in [1.54, 1.807) is 18.2 Å². The molecule has 0 spiro atoms. The first-order valence-electron chi connectivity index (χ1n) is 4.28. The average Bonchev–Trinajstić information content (AvgIpc) is 2.64. The number of sulfonamides is 1. The molecular weight excluding hydrogens is 230 g/mol. The lowest BCUT2D eigenvalue weighted by molar-refractivity contribution is 0.596. The zero-order chi connectivity index (χ0) is 11.8. The molecule has 0 amide bonds. The minimum absolute atomic E-state index is 0.0279. The molecule has 1 aromatic carbocycles. The highest BCUT2D eigenvalue weighted by atomic mass is 32.2. The van der Waals surface area contributed by atoms with Crippen LogP contribution in [0.1, 0.15) is 0 Å². The molecule has 0 fully saturated rings. The van der Waals surface area contributed by atoms with Gasteiger partial charge in [-0.25, -0.2) is 23.2 Å². The van der Waals surface area contributed by atoms with E-state index in [4.69, 9.17) is 10.9 Å². The third-order valence-electron chi connectivity index (χ3n) is 1.93. The maximum Gasteiger partial charge on any atom is 0.240 e. The maximum absolute atomic E-state index is 11.3. The third kappa shape index (κ3) is 1.88. The number of rotatable bonds is 2. The molecule has 2 aromatic rings. The van der Waals surface area contributed by atoms with Crippen molar-refractivity contribution in [2.45, 2.75) is 4.90 Å². The molecule has 1 heterocycles. The molecule has 0 saturated heterocycles. The standard InChI is InChI=1S/C8H9N5O2S/c9-8-11-5-13(12-8)6-3-1-2-4-7(6)16(10,14)15/h1-5H,(H2,9,12)(H2,10,14,15). The molecule has 2 rings (SSSR count). The van der Waals surface area contributed by atoms with Crippen LogP contribution in [0.2, 0.25) is 0 Å². The number of hydrogen-bond acceptors (Lipinski definition) is 5. The van der Waals surface area contributed by atoms with E-state index < -0.39 is 10.0 Å². The van der Waals surface area contributed by atoms with Crippen molar-refractivity contribution in [3.63, 3.8) is 0 Å². The molecule has 1 aromatic heterocycles. The van der Waals surface area contributed by atoms with Crippen molar-refractivity contribution < 1.29 is 8.42 Å². The molecular formula is C8H9N5O2S. The summed E-state index contributed by atoms with van der Waals surface area (Å²) in [4.78, 5) is 3.68. The van der Waals surface area contributed by atoms with Crippen LogP contribution < -0.4 is 10.9 Å². The molecule has 4 N–H and O–H groups in total. The predicted molar refractivity (Wildman–Crippen MR) is 57.1 cm³/mol. The van der Waals surface area contributed by atoms with Gasteiger partial charge in [-0.1, -0.05) is 12.1 Å². The van der Waals surface area contributed by atoms with Gasteiger partial charge in [0.05, 0.1) is 5.69 Å². The summed E-state index contributed by atoms with van der Waals surface area (Å²) in [6, 6.07) is 6.20. The highest BCUT2D eigenvalue weighted by Gasteiger charge is 2.15. The van der Waals surface area contributed by atoms with Gasteiger partial charge in [-0.05, 0) is 12.1 Å². The Balaban J connectivity index is 2.66. The molecule has 7 nitrogen and oxygen atoms in total. The van der Waals surface area contributed by atoms with E-state index in [0.29, 0.717) is 5.69 Å². The second kappa shape index (κ2) is 3.58. The summed E-state index contributed by atoms with van der Waals surface area (Å²) in [6.45, 7) is 0. The molecule has 0 saturated carbocycles. The van der Waals surface area contributed by atoms with Gasteiger partial charge >= 0.3 is 0 Å².